The summed E-state index contributed by atoms with van der Waals surface area (Å²) in [4.78, 5) is 4.54. The van der Waals surface area contributed by atoms with Crippen molar-refractivity contribution >= 4 is 11.5 Å². The summed E-state index contributed by atoms with van der Waals surface area (Å²) in [5.41, 5.74) is 0.146. The number of hydrogen-bond donors (Lipinski definition) is 1. The second-order valence-corrected chi connectivity index (χ2v) is 5.73. The molecule has 1 saturated heterocycles. The van der Waals surface area contributed by atoms with Crippen molar-refractivity contribution in [2.75, 3.05) is 13.1 Å². The Kier molecular flexibility index (Phi) is 2.59. The standard InChI is InChI=1S/C11H17N3OS/c1-11(4-6-12-7-5-11)9-13-10(16-14-9)15-8-2-3-8/h8,12H,2-7H2,1H3. The van der Waals surface area contributed by atoms with E-state index in [1.807, 2.05) is 0 Å². The van der Waals surface area contributed by atoms with Gasteiger partial charge in [0.1, 0.15) is 6.10 Å². The summed E-state index contributed by atoms with van der Waals surface area (Å²) in [5, 5.41) is 4.14. The first-order valence-corrected chi connectivity index (χ1v) is 6.75. The molecule has 1 aliphatic carbocycles. The van der Waals surface area contributed by atoms with Crippen LogP contribution in [-0.4, -0.2) is 28.6 Å². The first-order chi connectivity index (χ1) is 7.76. The zero-order chi connectivity index (χ0) is 11.0. The maximum absolute atomic E-state index is 5.67. The largest absolute Gasteiger partial charge is 0.466 e. The normalized spacial score (nSPS) is 24.3. The molecule has 1 aromatic rings. The van der Waals surface area contributed by atoms with Crippen molar-refractivity contribution in [3.63, 3.8) is 0 Å². The van der Waals surface area contributed by atoms with Crippen molar-refractivity contribution in [2.45, 2.75) is 44.1 Å². The van der Waals surface area contributed by atoms with Crippen LogP contribution in [-0.2, 0) is 5.41 Å². The lowest BCUT2D eigenvalue weighted by Crippen LogP contribution is -2.38. The molecule has 0 spiro atoms. The summed E-state index contributed by atoms with van der Waals surface area (Å²) in [5.74, 6) is 0.981. The van der Waals surface area contributed by atoms with Crippen LogP contribution in [0.15, 0.2) is 0 Å². The first-order valence-electron chi connectivity index (χ1n) is 5.98. The highest BCUT2D eigenvalue weighted by Gasteiger charge is 2.33. The number of nitrogens with one attached hydrogen (secondary N) is 1. The van der Waals surface area contributed by atoms with Crippen LogP contribution < -0.4 is 10.1 Å². The van der Waals surface area contributed by atoms with E-state index < -0.39 is 0 Å². The smallest absolute Gasteiger partial charge is 0.293 e. The highest BCUT2D eigenvalue weighted by molar-refractivity contribution is 7.07. The van der Waals surface area contributed by atoms with Crippen LogP contribution in [0.3, 0.4) is 0 Å². The van der Waals surface area contributed by atoms with Crippen molar-refractivity contribution in [3.05, 3.63) is 5.82 Å². The van der Waals surface area contributed by atoms with Crippen molar-refractivity contribution in [2.24, 2.45) is 0 Å². The molecule has 0 radical (unpaired) electrons. The molecule has 5 heteroatoms. The van der Waals surface area contributed by atoms with E-state index >= 15 is 0 Å². The van der Waals surface area contributed by atoms with Crippen LogP contribution in [0.1, 0.15) is 38.4 Å². The average molecular weight is 239 g/mol. The van der Waals surface area contributed by atoms with E-state index in [0.29, 0.717) is 6.10 Å². The number of rotatable bonds is 3. The van der Waals surface area contributed by atoms with Crippen LogP contribution in [0.25, 0.3) is 0 Å². The predicted molar refractivity (Wildman–Crippen MR) is 63.0 cm³/mol. The van der Waals surface area contributed by atoms with Crippen LogP contribution in [0.5, 0.6) is 5.19 Å². The monoisotopic (exact) mass is 239 g/mol. The minimum Gasteiger partial charge on any atom is -0.466 e. The van der Waals surface area contributed by atoms with Gasteiger partial charge in [-0.2, -0.15) is 9.36 Å². The topological polar surface area (TPSA) is 47.0 Å². The summed E-state index contributed by atoms with van der Waals surface area (Å²) < 4.78 is 10.1. The quantitative estimate of drug-likeness (QED) is 0.872. The van der Waals surface area contributed by atoms with Gasteiger partial charge in [0.2, 0.25) is 0 Å². The molecule has 2 heterocycles. The maximum Gasteiger partial charge on any atom is 0.293 e. The van der Waals surface area contributed by atoms with E-state index in [0.717, 1.165) is 36.9 Å². The lowest BCUT2D eigenvalue weighted by Gasteiger charge is -2.31. The zero-order valence-corrected chi connectivity index (χ0v) is 10.3. The molecule has 3 rings (SSSR count). The van der Waals surface area contributed by atoms with Crippen molar-refractivity contribution in [1.29, 1.82) is 0 Å². The number of aromatic nitrogens is 2. The summed E-state index contributed by atoms with van der Waals surface area (Å²) in [6, 6.07) is 0. The van der Waals surface area contributed by atoms with E-state index in [2.05, 4.69) is 21.6 Å². The van der Waals surface area contributed by atoms with Gasteiger partial charge in [0, 0.05) is 16.9 Å². The van der Waals surface area contributed by atoms with Crippen molar-refractivity contribution < 1.29 is 4.74 Å². The van der Waals surface area contributed by atoms with Gasteiger partial charge in [-0.25, -0.2) is 0 Å². The van der Waals surface area contributed by atoms with Gasteiger partial charge < -0.3 is 10.1 Å². The number of hydrogen-bond acceptors (Lipinski definition) is 5. The van der Waals surface area contributed by atoms with E-state index in [1.165, 1.54) is 24.4 Å². The summed E-state index contributed by atoms with van der Waals surface area (Å²) in [6.45, 7) is 4.39. The van der Waals surface area contributed by atoms with E-state index in [4.69, 9.17) is 4.74 Å². The molecule has 2 fully saturated rings. The molecule has 0 unspecified atom stereocenters. The second kappa shape index (κ2) is 3.96. The van der Waals surface area contributed by atoms with Crippen LogP contribution in [0.4, 0.5) is 0 Å². The van der Waals surface area contributed by atoms with Crippen LogP contribution in [0, 0.1) is 0 Å². The molecule has 0 aromatic carbocycles. The highest BCUT2D eigenvalue weighted by Crippen LogP contribution is 2.34. The molecular weight excluding hydrogens is 222 g/mol. The molecular formula is C11H17N3OS. The Bertz CT molecular complexity index is 369. The Morgan fingerprint density at radius 3 is 2.81 bits per heavy atom. The van der Waals surface area contributed by atoms with Gasteiger partial charge in [0.25, 0.3) is 5.19 Å². The van der Waals surface area contributed by atoms with Gasteiger partial charge in [-0.1, -0.05) is 6.92 Å². The Balaban J connectivity index is 1.74. The molecule has 0 atom stereocenters. The summed E-state index contributed by atoms with van der Waals surface area (Å²) >= 11 is 1.41. The number of nitrogens with zero attached hydrogens (tertiary/aromatic N) is 2. The molecule has 88 valence electrons. The Morgan fingerprint density at radius 1 is 1.38 bits per heavy atom. The SMILES string of the molecule is CC1(c2nsc(OC3CC3)n2)CCNCC1. The minimum atomic E-state index is 0.146. The number of ether oxygens (including phenoxy) is 1. The summed E-state index contributed by atoms with van der Waals surface area (Å²) in [6.07, 6.45) is 5.01. The van der Waals surface area contributed by atoms with E-state index in [-0.39, 0.29) is 5.41 Å². The van der Waals surface area contributed by atoms with Gasteiger partial charge in [0.05, 0.1) is 0 Å². The Hall–Kier alpha value is -0.680. The molecule has 4 nitrogen and oxygen atoms in total. The molecule has 1 N–H and O–H groups in total. The first kappa shape index (κ1) is 10.5. The average Bonchev–Trinajstić information content (AvgIpc) is 2.95. The fourth-order valence-corrected chi connectivity index (χ4v) is 2.77. The van der Waals surface area contributed by atoms with Gasteiger partial charge in [-0.3, -0.25) is 0 Å². The highest BCUT2D eigenvalue weighted by atomic mass is 32.1. The van der Waals surface area contributed by atoms with E-state index in [9.17, 15) is 0 Å². The van der Waals surface area contributed by atoms with Crippen LogP contribution in [0.2, 0.25) is 0 Å². The van der Waals surface area contributed by atoms with Crippen molar-refractivity contribution in [1.82, 2.24) is 14.7 Å². The molecule has 2 aliphatic rings. The Morgan fingerprint density at radius 2 is 2.12 bits per heavy atom. The van der Waals surface area contributed by atoms with Crippen molar-refractivity contribution in [3.8, 4) is 5.19 Å². The number of piperidine rings is 1. The van der Waals surface area contributed by atoms with Crippen LogP contribution >= 0.6 is 11.5 Å². The molecule has 1 aliphatic heterocycles. The molecule has 16 heavy (non-hydrogen) atoms. The third kappa shape index (κ3) is 2.06. The van der Waals surface area contributed by atoms with Gasteiger partial charge in [0.15, 0.2) is 5.82 Å². The van der Waals surface area contributed by atoms with E-state index in [1.54, 1.807) is 0 Å². The minimum absolute atomic E-state index is 0.146. The lowest BCUT2D eigenvalue weighted by molar-refractivity contribution is 0.291. The van der Waals surface area contributed by atoms with Gasteiger partial charge >= 0.3 is 0 Å². The lowest BCUT2D eigenvalue weighted by atomic mass is 9.80. The predicted octanol–water partition coefficient (Wildman–Crippen LogP) is 1.72. The zero-order valence-electron chi connectivity index (χ0n) is 9.53. The Labute approximate surface area is 99.6 Å². The molecule has 1 aromatic heterocycles. The maximum atomic E-state index is 5.67. The van der Waals surface area contributed by atoms with Gasteiger partial charge in [-0.05, 0) is 38.8 Å². The third-order valence-electron chi connectivity index (χ3n) is 3.45. The second-order valence-electron chi connectivity index (χ2n) is 5.01. The third-order valence-corrected chi connectivity index (χ3v) is 4.05. The van der Waals surface area contributed by atoms with Gasteiger partial charge in [-0.15, -0.1) is 0 Å². The molecule has 0 amide bonds. The fourth-order valence-electron chi connectivity index (χ4n) is 2.03. The fraction of sp³-hybridized carbons (Fsp3) is 0.818. The molecule has 1 saturated carbocycles. The summed E-state index contributed by atoms with van der Waals surface area (Å²) in [7, 11) is 0. The molecule has 0 bridgehead atoms.